The fourth-order valence-electron chi connectivity index (χ4n) is 3.32. The average molecular weight is 417 g/mol. The van der Waals surface area contributed by atoms with Gasteiger partial charge in [-0.15, -0.1) is 0 Å². The normalized spacial score (nSPS) is 14.2. The van der Waals surface area contributed by atoms with Crippen LogP contribution >= 0.6 is 0 Å². The van der Waals surface area contributed by atoms with Crippen molar-refractivity contribution in [3.63, 3.8) is 0 Å². The van der Waals surface area contributed by atoms with Gasteiger partial charge >= 0.3 is 0 Å². The highest BCUT2D eigenvalue weighted by Crippen LogP contribution is 2.22. The molecule has 0 spiro atoms. The molecule has 5 nitrogen and oxygen atoms in total. The third kappa shape index (κ3) is 5.90. The zero-order chi connectivity index (χ0) is 20.9. The van der Waals surface area contributed by atoms with Gasteiger partial charge in [0, 0.05) is 12.1 Å². The molecule has 1 aliphatic carbocycles. The summed E-state index contributed by atoms with van der Waals surface area (Å²) >= 11 is 0. The molecule has 0 fully saturated rings. The standard InChI is InChI=1S/C22H25FN2O3S/c1-29(27,28)25(21-9-5-8-20(23)14-21)16-18-10-12-19(13-11-18)22(26)24-15-17-6-3-2-4-7-17/h5-6,8-14H,2-4,7,15-16H2,1H3,(H,24,26). The number of amides is 1. The van der Waals surface area contributed by atoms with Crippen LogP contribution in [0.5, 0.6) is 0 Å². The second-order valence-electron chi connectivity index (χ2n) is 7.24. The van der Waals surface area contributed by atoms with Crippen molar-refractivity contribution in [1.29, 1.82) is 0 Å². The number of anilines is 1. The van der Waals surface area contributed by atoms with Crippen LogP contribution in [0.25, 0.3) is 0 Å². The maximum atomic E-state index is 13.5. The number of benzene rings is 2. The van der Waals surface area contributed by atoms with Gasteiger partial charge in [-0.05, 0) is 61.6 Å². The lowest BCUT2D eigenvalue weighted by atomic mass is 9.99. The van der Waals surface area contributed by atoms with E-state index in [1.165, 1.54) is 36.6 Å². The quantitative estimate of drug-likeness (QED) is 0.693. The van der Waals surface area contributed by atoms with E-state index in [4.69, 9.17) is 0 Å². The first-order chi connectivity index (χ1) is 13.8. The van der Waals surface area contributed by atoms with Crippen LogP contribution in [-0.2, 0) is 16.6 Å². The highest BCUT2D eigenvalue weighted by molar-refractivity contribution is 7.92. The van der Waals surface area contributed by atoms with Gasteiger partial charge in [-0.1, -0.05) is 29.8 Å². The Kier molecular flexibility index (Phi) is 6.69. The number of rotatable bonds is 7. The van der Waals surface area contributed by atoms with Crippen molar-refractivity contribution in [2.45, 2.75) is 32.2 Å². The van der Waals surface area contributed by atoms with Crippen LogP contribution in [0.3, 0.4) is 0 Å². The van der Waals surface area contributed by atoms with E-state index in [0.29, 0.717) is 17.7 Å². The summed E-state index contributed by atoms with van der Waals surface area (Å²) in [6.07, 6.45) is 7.75. The topological polar surface area (TPSA) is 66.5 Å². The van der Waals surface area contributed by atoms with Gasteiger partial charge < -0.3 is 5.32 Å². The summed E-state index contributed by atoms with van der Waals surface area (Å²) in [5, 5.41) is 2.93. The van der Waals surface area contributed by atoms with Gasteiger partial charge in [-0.2, -0.15) is 0 Å². The summed E-state index contributed by atoms with van der Waals surface area (Å²) in [6, 6.07) is 12.2. The van der Waals surface area contributed by atoms with Gasteiger partial charge in [0.05, 0.1) is 18.5 Å². The van der Waals surface area contributed by atoms with Crippen molar-refractivity contribution in [3.8, 4) is 0 Å². The van der Waals surface area contributed by atoms with E-state index in [9.17, 15) is 17.6 Å². The molecule has 3 rings (SSSR count). The summed E-state index contributed by atoms with van der Waals surface area (Å²) in [5.74, 6) is -0.663. The molecular weight excluding hydrogens is 391 g/mol. The molecular formula is C22H25FN2O3S. The van der Waals surface area contributed by atoms with E-state index in [2.05, 4.69) is 11.4 Å². The predicted octanol–water partition coefficient (Wildman–Crippen LogP) is 4.02. The summed E-state index contributed by atoms with van der Waals surface area (Å²) in [5.41, 5.74) is 2.74. The molecule has 0 saturated heterocycles. The molecule has 154 valence electrons. The molecule has 0 aliphatic heterocycles. The minimum Gasteiger partial charge on any atom is -0.348 e. The number of nitrogens with one attached hydrogen (secondary N) is 1. The minimum absolute atomic E-state index is 0.0527. The lowest BCUT2D eigenvalue weighted by Gasteiger charge is -2.22. The van der Waals surface area contributed by atoms with Crippen molar-refractivity contribution in [2.24, 2.45) is 0 Å². The van der Waals surface area contributed by atoms with Gasteiger partial charge in [0.2, 0.25) is 10.0 Å². The Balaban J connectivity index is 1.68. The molecule has 0 unspecified atom stereocenters. The molecule has 0 atom stereocenters. The third-order valence-electron chi connectivity index (χ3n) is 4.90. The molecule has 2 aromatic carbocycles. The summed E-state index contributed by atoms with van der Waals surface area (Å²) in [6.45, 7) is 0.610. The first-order valence-electron chi connectivity index (χ1n) is 9.61. The van der Waals surface area contributed by atoms with Crippen LogP contribution < -0.4 is 9.62 Å². The van der Waals surface area contributed by atoms with E-state index in [1.807, 2.05) is 0 Å². The molecule has 0 heterocycles. The molecule has 0 radical (unpaired) electrons. The Hall–Kier alpha value is -2.67. The monoisotopic (exact) mass is 416 g/mol. The van der Waals surface area contributed by atoms with Gasteiger partial charge in [0.15, 0.2) is 0 Å². The number of nitrogens with zero attached hydrogens (tertiary/aromatic N) is 1. The number of sulfonamides is 1. The second kappa shape index (κ2) is 9.22. The van der Waals surface area contributed by atoms with Crippen LogP contribution in [0.15, 0.2) is 60.2 Å². The largest absolute Gasteiger partial charge is 0.348 e. The second-order valence-corrected chi connectivity index (χ2v) is 9.14. The van der Waals surface area contributed by atoms with E-state index in [-0.39, 0.29) is 18.1 Å². The fourth-order valence-corrected chi connectivity index (χ4v) is 4.20. The van der Waals surface area contributed by atoms with E-state index in [0.717, 1.165) is 23.4 Å². The number of allylic oxidation sites excluding steroid dienone is 1. The minimum atomic E-state index is -3.60. The molecule has 7 heteroatoms. The number of hydrogen-bond donors (Lipinski definition) is 1. The van der Waals surface area contributed by atoms with Crippen LogP contribution in [0, 0.1) is 5.82 Å². The Bertz CT molecular complexity index is 1000. The van der Waals surface area contributed by atoms with Crippen molar-refractivity contribution in [3.05, 3.63) is 77.1 Å². The van der Waals surface area contributed by atoms with Crippen molar-refractivity contribution in [1.82, 2.24) is 5.32 Å². The molecule has 1 N–H and O–H groups in total. The number of carbonyl (C=O) groups excluding carboxylic acids is 1. The highest BCUT2D eigenvalue weighted by atomic mass is 32.2. The first-order valence-corrected chi connectivity index (χ1v) is 11.5. The molecule has 2 aromatic rings. The molecule has 29 heavy (non-hydrogen) atoms. The van der Waals surface area contributed by atoms with Gasteiger partial charge in [-0.3, -0.25) is 9.10 Å². The smallest absolute Gasteiger partial charge is 0.251 e. The lowest BCUT2D eigenvalue weighted by molar-refractivity contribution is 0.0956. The van der Waals surface area contributed by atoms with Crippen LogP contribution in [-0.4, -0.2) is 27.1 Å². The Morgan fingerprint density at radius 1 is 1.14 bits per heavy atom. The molecule has 1 aliphatic rings. The Morgan fingerprint density at radius 3 is 2.52 bits per heavy atom. The number of carbonyl (C=O) groups is 1. The van der Waals surface area contributed by atoms with E-state index in [1.54, 1.807) is 30.3 Å². The summed E-state index contributed by atoms with van der Waals surface area (Å²) in [7, 11) is -3.60. The van der Waals surface area contributed by atoms with Gasteiger partial charge in [0.1, 0.15) is 5.82 Å². The first kappa shape index (κ1) is 21.0. The van der Waals surface area contributed by atoms with Crippen molar-refractivity contribution >= 4 is 21.6 Å². The Labute approximate surface area is 171 Å². The van der Waals surface area contributed by atoms with Crippen molar-refractivity contribution in [2.75, 3.05) is 17.1 Å². The van der Waals surface area contributed by atoms with Gasteiger partial charge in [-0.25, -0.2) is 12.8 Å². The average Bonchev–Trinajstić information content (AvgIpc) is 2.70. The third-order valence-corrected chi connectivity index (χ3v) is 6.04. The van der Waals surface area contributed by atoms with Crippen LogP contribution in [0.1, 0.15) is 41.6 Å². The summed E-state index contributed by atoms with van der Waals surface area (Å²) < 4.78 is 39.1. The van der Waals surface area contributed by atoms with Crippen LogP contribution in [0.2, 0.25) is 0 Å². The molecule has 0 bridgehead atoms. The van der Waals surface area contributed by atoms with Gasteiger partial charge in [0.25, 0.3) is 5.91 Å². The van der Waals surface area contributed by atoms with Crippen LogP contribution in [0.4, 0.5) is 10.1 Å². The van der Waals surface area contributed by atoms with E-state index < -0.39 is 15.8 Å². The predicted molar refractivity (Wildman–Crippen MR) is 113 cm³/mol. The molecule has 1 amide bonds. The zero-order valence-corrected chi connectivity index (χ0v) is 17.2. The number of hydrogen-bond acceptors (Lipinski definition) is 3. The zero-order valence-electron chi connectivity index (χ0n) is 16.4. The van der Waals surface area contributed by atoms with Crippen molar-refractivity contribution < 1.29 is 17.6 Å². The Morgan fingerprint density at radius 2 is 1.90 bits per heavy atom. The maximum absolute atomic E-state index is 13.5. The highest BCUT2D eigenvalue weighted by Gasteiger charge is 2.18. The molecule has 0 aromatic heterocycles. The molecule has 0 saturated carbocycles. The fraction of sp³-hybridized carbons (Fsp3) is 0.318. The van der Waals surface area contributed by atoms with E-state index >= 15 is 0 Å². The summed E-state index contributed by atoms with van der Waals surface area (Å²) in [4.78, 5) is 12.4. The maximum Gasteiger partial charge on any atom is 0.251 e. The lowest BCUT2D eigenvalue weighted by Crippen LogP contribution is -2.29. The number of halogens is 1. The SMILES string of the molecule is CS(=O)(=O)N(Cc1ccc(C(=O)NCC2=CCCCC2)cc1)c1cccc(F)c1.